The number of sulfone groups is 1. The molecule has 0 aliphatic heterocycles. The molecule has 1 fully saturated rings. The number of unbranched alkanes of at least 4 members (excludes halogenated alkanes) is 1. The molecule has 0 aromatic heterocycles. The van der Waals surface area contributed by atoms with Crippen LogP contribution in [0.5, 0.6) is 0 Å². The van der Waals surface area contributed by atoms with Gasteiger partial charge < -0.3 is 21.5 Å². The lowest BCUT2D eigenvalue weighted by Crippen LogP contribution is -2.55. The average molecular weight is 552 g/mol. The predicted molar refractivity (Wildman–Crippen MR) is 144 cm³/mol. The fraction of sp³-hybridized carbons (Fsp3) is 0.536. The first-order valence-electron chi connectivity index (χ1n) is 13.2. The van der Waals surface area contributed by atoms with Gasteiger partial charge in [-0.2, -0.15) is 0 Å². The van der Waals surface area contributed by atoms with E-state index in [1.807, 2.05) is 19.1 Å². The zero-order chi connectivity index (χ0) is 27.9. The van der Waals surface area contributed by atoms with Crippen molar-refractivity contribution in [1.29, 1.82) is 0 Å². The van der Waals surface area contributed by atoms with Crippen LogP contribution in [0.3, 0.4) is 0 Å². The number of rotatable bonds is 15. The summed E-state index contributed by atoms with van der Waals surface area (Å²) in [6.45, 7) is 4.05. The number of aryl methyl sites for hydroxylation is 1. The Kier molecular flexibility index (Phi) is 10.4. The number of aliphatic hydroxyl groups is 1. The fourth-order valence-corrected chi connectivity index (χ4v) is 6.17. The van der Waals surface area contributed by atoms with Gasteiger partial charge in [-0.3, -0.25) is 4.79 Å². The van der Waals surface area contributed by atoms with Gasteiger partial charge in [-0.25, -0.2) is 17.2 Å². The van der Waals surface area contributed by atoms with Crippen molar-refractivity contribution < 1.29 is 27.1 Å². The van der Waals surface area contributed by atoms with Crippen molar-refractivity contribution >= 4 is 15.7 Å². The summed E-state index contributed by atoms with van der Waals surface area (Å²) in [7, 11) is -3.53. The van der Waals surface area contributed by atoms with Crippen LogP contribution in [-0.4, -0.2) is 55.7 Å². The summed E-state index contributed by atoms with van der Waals surface area (Å²) >= 11 is 0. The number of hydrogen-bond donors (Lipinski definition) is 4. The van der Waals surface area contributed by atoms with Gasteiger partial charge in [-0.1, -0.05) is 44.5 Å². The van der Waals surface area contributed by atoms with E-state index in [1.54, 1.807) is 0 Å². The van der Waals surface area contributed by atoms with E-state index in [4.69, 9.17) is 5.73 Å². The minimum absolute atomic E-state index is 0.0651. The smallest absolute Gasteiger partial charge is 0.238 e. The number of nitrogens with two attached hydrogens (primary N) is 1. The molecule has 0 spiro atoms. The Hall–Kier alpha value is -2.40. The van der Waals surface area contributed by atoms with Crippen LogP contribution in [0.2, 0.25) is 0 Å². The first-order valence-corrected chi connectivity index (χ1v) is 15.0. The van der Waals surface area contributed by atoms with E-state index in [1.165, 1.54) is 5.56 Å². The van der Waals surface area contributed by atoms with Crippen molar-refractivity contribution in [3.63, 3.8) is 0 Å². The zero-order valence-electron chi connectivity index (χ0n) is 22.1. The first kappa shape index (κ1) is 30.1. The number of hydrogen-bond acceptors (Lipinski definition) is 6. The highest BCUT2D eigenvalue weighted by atomic mass is 32.2. The third kappa shape index (κ3) is 8.56. The van der Waals surface area contributed by atoms with E-state index in [-0.39, 0.29) is 29.8 Å². The maximum absolute atomic E-state index is 13.8. The molecule has 210 valence electrons. The van der Waals surface area contributed by atoms with Crippen LogP contribution < -0.4 is 16.4 Å². The van der Waals surface area contributed by atoms with Crippen LogP contribution in [0.15, 0.2) is 42.5 Å². The maximum Gasteiger partial charge on any atom is 0.238 e. The first-order chi connectivity index (χ1) is 18.0. The molecule has 0 saturated heterocycles. The highest BCUT2D eigenvalue weighted by Gasteiger charge is 2.44. The number of carbonyl (C=O) groups is 1. The van der Waals surface area contributed by atoms with Crippen molar-refractivity contribution in [1.82, 2.24) is 10.6 Å². The topological polar surface area (TPSA) is 122 Å². The molecule has 7 nitrogen and oxygen atoms in total. The highest BCUT2D eigenvalue weighted by Crippen LogP contribution is 2.45. The fourth-order valence-electron chi connectivity index (χ4n) is 4.58. The molecule has 2 aromatic carbocycles. The predicted octanol–water partition coefficient (Wildman–Crippen LogP) is 2.74. The van der Waals surface area contributed by atoms with Crippen LogP contribution >= 0.6 is 0 Å². The monoisotopic (exact) mass is 551 g/mol. The van der Waals surface area contributed by atoms with Crippen molar-refractivity contribution in [3.8, 4) is 0 Å². The Morgan fingerprint density at radius 2 is 1.79 bits per heavy atom. The average Bonchev–Trinajstić information content (AvgIpc) is 3.66. The van der Waals surface area contributed by atoms with Crippen molar-refractivity contribution in [2.45, 2.75) is 76.1 Å². The molecule has 38 heavy (non-hydrogen) atoms. The van der Waals surface area contributed by atoms with Crippen LogP contribution in [0.4, 0.5) is 8.78 Å². The van der Waals surface area contributed by atoms with E-state index >= 15 is 0 Å². The zero-order valence-corrected chi connectivity index (χ0v) is 22.9. The molecular weight excluding hydrogens is 512 g/mol. The van der Waals surface area contributed by atoms with E-state index in [9.17, 15) is 27.1 Å². The van der Waals surface area contributed by atoms with Crippen molar-refractivity contribution in [3.05, 3.63) is 70.8 Å². The van der Waals surface area contributed by atoms with Gasteiger partial charge in [0.15, 0.2) is 9.84 Å². The van der Waals surface area contributed by atoms with Crippen LogP contribution in [-0.2, 0) is 33.0 Å². The second-order valence-corrected chi connectivity index (χ2v) is 12.5. The number of carbonyl (C=O) groups excluding carboxylic acids is 1. The molecule has 1 saturated carbocycles. The van der Waals surface area contributed by atoms with E-state index in [0.717, 1.165) is 43.0 Å². The molecular formula is C28H39F2N3O4S. The van der Waals surface area contributed by atoms with Gasteiger partial charge in [0.05, 0.1) is 29.7 Å². The van der Waals surface area contributed by atoms with Gasteiger partial charge in [-0.05, 0) is 60.9 Å². The maximum atomic E-state index is 13.8. The van der Waals surface area contributed by atoms with Crippen LogP contribution in [0, 0.1) is 11.6 Å². The second-order valence-electron chi connectivity index (χ2n) is 10.3. The Labute approximate surface area is 224 Å². The summed E-state index contributed by atoms with van der Waals surface area (Å²) in [5, 5.41) is 17.2. The van der Waals surface area contributed by atoms with Crippen molar-refractivity contribution in [2.24, 2.45) is 5.73 Å². The molecule has 1 aliphatic rings. The number of benzene rings is 2. The van der Waals surface area contributed by atoms with E-state index in [2.05, 4.69) is 29.7 Å². The van der Waals surface area contributed by atoms with Gasteiger partial charge in [-0.15, -0.1) is 0 Å². The Morgan fingerprint density at radius 1 is 1.11 bits per heavy atom. The van der Waals surface area contributed by atoms with Crippen LogP contribution in [0.1, 0.15) is 56.2 Å². The molecule has 1 aliphatic carbocycles. The van der Waals surface area contributed by atoms with Gasteiger partial charge in [0.2, 0.25) is 5.91 Å². The standard InChI is InChI=1S/C28H39F2N3O4S/c1-3-5-11-38(36,37)18-24(31)27(35)33-25(15-20-13-22(29)16-23(30)14-20)26(34)17-32-28(9-10-28)21-8-6-7-19(4-2)12-21/h6-8,12-14,16,24-26,32,34H,3-5,9-11,15,17-18,31H2,1-2H3,(H,33,35). The third-order valence-corrected chi connectivity index (χ3v) is 8.81. The molecule has 3 unspecified atom stereocenters. The summed E-state index contributed by atoms with van der Waals surface area (Å²) in [5.41, 5.74) is 8.20. The Balaban J connectivity index is 1.73. The summed E-state index contributed by atoms with van der Waals surface area (Å²) in [4.78, 5) is 12.9. The molecule has 2 aromatic rings. The number of aliphatic hydroxyl groups excluding tert-OH is 1. The quantitative estimate of drug-likeness (QED) is 0.270. The second kappa shape index (κ2) is 13.1. The lowest BCUT2D eigenvalue weighted by molar-refractivity contribution is -0.123. The van der Waals surface area contributed by atoms with Gasteiger partial charge in [0.1, 0.15) is 11.6 Å². The van der Waals surface area contributed by atoms with Gasteiger partial charge in [0.25, 0.3) is 0 Å². The summed E-state index contributed by atoms with van der Waals surface area (Å²) < 4.78 is 52.2. The number of halogens is 2. The number of nitrogens with one attached hydrogen (secondary N) is 2. The number of amides is 1. The highest BCUT2D eigenvalue weighted by molar-refractivity contribution is 7.91. The SMILES string of the molecule is CCCCS(=O)(=O)CC(N)C(=O)NC(Cc1cc(F)cc(F)c1)C(O)CNC1(c2cccc(CC)c2)CC1. The Morgan fingerprint density at radius 3 is 2.39 bits per heavy atom. The summed E-state index contributed by atoms with van der Waals surface area (Å²) in [6, 6.07) is 8.96. The molecule has 0 bridgehead atoms. The molecule has 0 heterocycles. The van der Waals surface area contributed by atoms with E-state index in [0.29, 0.717) is 12.8 Å². The molecule has 3 atom stereocenters. The minimum Gasteiger partial charge on any atom is -0.390 e. The summed E-state index contributed by atoms with van der Waals surface area (Å²) in [6.07, 6.45) is 2.63. The normalized spacial score (nSPS) is 17.0. The van der Waals surface area contributed by atoms with Gasteiger partial charge >= 0.3 is 0 Å². The molecule has 0 radical (unpaired) electrons. The van der Waals surface area contributed by atoms with E-state index < -0.39 is 51.3 Å². The summed E-state index contributed by atoms with van der Waals surface area (Å²) in [5.74, 6) is -2.88. The molecule has 5 N–H and O–H groups in total. The van der Waals surface area contributed by atoms with Crippen molar-refractivity contribution in [2.75, 3.05) is 18.1 Å². The minimum atomic E-state index is -3.53. The Bertz CT molecular complexity index is 1180. The van der Waals surface area contributed by atoms with Gasteiger partial charge in [0, 0.05) is 18.2 Å². The lowest BCUT2D eigenvalue weighted by Gasteiger charge is -2.28. The van der Waals surface area contributed by atoms with Crippen LogP contribution in [0.25, 0.3) is 0 Å². The lowest BCUT2D eigenvalue weighted by atomic mass is 9.98. The third-order valence-electron chi connectivity index (χ3n) is 7.04. The largest absolute Gasteiger partial charge is 0.390 e. The molecule has 10 heteroatoms. The molecule has 3 rings (SSSR count). The molecule has 1 amide bonds.